The van der Waals surface area contributed by atoms with Crippen LogP contribution in [0.2, 0.25) is 5.02 Å². The molecule has 2 atom stereocenters. The molecule has 1 aliphatic heterocycles. The van der Waals surface area contributed by atoms with Gasteiger partial charge < -0.3 is 24.6 Å². The number of methoxy groups -OCH3 is 1. The number of amides is 1. The van der Waals surface area contributed by atoms with Crippen LogP contribution in [0, 0.1) is 0 Å². The Kier molecular flexibility index (Phi) is 5.59. The Hall–Kier alpha value is -1.83. The maximum absolute atomic E-state index is 12.1. The third-order valence-electron chi connectivity index (χ3n) is 3.15. The van der Waals surface area contributed by atoms with Crippen LogP contribution in [0.3, 0.4) is 0 Å². The minimum atomic E-state index is -1.23. The van der Waals surface area contributed by atoms with E-state index in [9.17, 15) is 14.7 Å². The van der Waals surface area contributed by atoms with Crippen LogP contribution in [0.5, 0.6) is 5.75 Å². The molecule has 1 fully saturated rings. The lowest BCUT2D eigenvalue weighted by molar-refractivity contribution is -0.152. The third kappa shape index (κ3) is 3.88. The van der Waals surface area contributed by atoms with Crippen LogP contribution in [0.25, 0.3) is 0 Å². The number of carbonyl (C=O) groups is 2. The van der Waals surface area contributed by atoms with Crippen molar-refractivity contribution in [2.45, 2.75) is 12.1 Å². The zero-order valence-electron chi connectivity index (χ0n) is 11.9. The highest BCUT2D eigenvalue weighted by Crippen LogP contribution is 2.27. The van der Waals surface area contributed by atoms with E-state index in [1.165, 1.54) is 19.2 Å². The first-order valence-corrected chi connectivity index (χ1v) is 6.96. The summed E-state index contributed by atoms with van der Waals surface area (Å²) < 4.78 is 15.4. The number of rotatable bonds is 5. The predicted molar refractivity (Wildman–Crippen MR) is 77.1 cm³/mol. The molecule has 2 rings (SSSR count). The molecule has 0 radical (unpaired) electrons. The molecule has 0 aliphatic carbocycles. The van der Waals surface area contributed by atoms with Crippen molar-refractivity contribution in [1.29, 1.82) is 0 Å². The lowest BCUT2D eigenvalue weighted by Crippen LogP contribution is -2.45. The van der Waals surface area contributed by atoms with E-state index < -0.39 is 24.0 Å². The minimum absolute atomic E-state index is 0.0988. The molecule has 2 N–H and O–H groups in total. The van der Waals surface area contributed by atoms with Gasteiger partial charge in [-0.3, -0.25) is 4.79 Å². The van der Waals surface area contributed by atoms with Crippen LogP contribution in [0.1, 0.15) is 11.6 Å². The molecule has 1 aliphatic rings. The lowest BCUT2D eigenvalue weighted by atomic mass is 10.1. The zero-order chi connectivity index (χ0) is 16.1. The molecule has 7 nitrogen and oxygen atoms in total. The summed E-state index contributed by atoms with van der Waals surface area (Å²) in [6.07, 6.45) is -0.815. The second-order valence-electron chi connectivity index (χ2n) is 4.61. The van der Waals surface area contributed by atoms with E-state index in [1.54, 1.807) is 6.07 Å². The van der Waals surface area contributed by atoms with Gasteiger partial charge in [0.05, 0.1) is 32.0 Å². The smallest absolute Gasteiger partial charge is 0.330 e. The Labute approximate surface area is 132 Å². The van der Waals surface area contributed by atoms with Crippen molar-refractivity contribution in [3.8, 4) is 5.75 Å². The van der Waals surface area contributed by atoms with Gasteiger partial charge in [0, 0.05) is 0 Å². The molecule has 1 saturated heterocycles. The number of hydrogen-bond donors (Lipinski definition) is 2. The predicted octanol–water partition coefficient (Wildman–Crippen LogP) is 1.01. The maximum Gasteiger partial charge on any atom is 0.330 e. The van der Waals surface area contributed by atoms with Gasteiger partial charge in [-0.15, -0.1) is 0 Å². The number of ether oxygens (including phenoxy) is 3. The molecule has 1 heterocycles. The monoisotopic (exact) mass is 329 g/mol. The van der Waals surface area contributed by atoms with Gasteiger partial charge in [0.1, 0.15) is 5.75 Å². The molecule has 0 spiro atoms. The van der Waals surface area contributed by atoms with Crippen molar-refractivity contribution in [2.24, 2.45) is 0 Å². The van der Waals surface area contributed by atoms with Gasteiger partial charge in [-0.2, -0.15) is 0 Å². The van der Waals surface area contributed by atoms with Crippen LogP contribution >= 0.6 is 11.6 Å². The van der Waals surface area contributed by atoms with Crippen LogP contribution < -0.4 is 10.1 Å². The number of carboxylic acid groups (broad SMARTS) is 1. The molecule has 2 unspecified atom stereocenters. The largest absolute Gasteiger partial charge is 0.495 e. The number of benzene rings is 1. The van der Waals surface area contributed by atoms with E-state index >= 15 is 0 Å². The summed E-state index contributed by atoms with van der Waals surface area (Å²) in [5, 5.41) is 12.0. The Balaban J connectivity index is 2.14. The lowest BCUT2D eigenvalue weighted by Gasteiger charge is -2.24. The number of nitrogens with one attached hydrogen (secondary N) is 1. The topological polar surface area (TPSA) is 94.1 Å². The van der Waals surface area contributed by atoms with E-state index in [1.807, 2.05) is 0 Å². The van der Waals surface area contributed by atoms with E-state index in [4.69, 9.17) is 25.8 Å². The summed E-state index contributed by atoms with van der Waals surface area (Å²) in [5.74, 6) is -1.32. The molecule has 1 aromatic carbocycles. The summed E-state index contributed by atoms with van der Waals surface area (Å²) in [6.45, 7) is 0.811. The summed E-state index contributed by atoms with van der Waals surface area (Å²) in [6, 6.07) is 3.28. The van der Waals surface area contributed by atoms with Crippen molar-refractivity contribution in [3.63, 3.8) is 0 Å². The fourth-order valence-corrected chi connectivity index (χ4v) is 2.29. The molecule has 0 saturated carbocycles. The average Bonchev–Trinajstić information content (AvgIpc) is 2.52. The van der Waals surface area contributed by atoms with Gasteiger partial charge in [-0.1, -0.05) is 17.7 Å². The van der Waals surface area contributed by atoms with Crippen LogP contribution in [0.15, 0.2) is 18.2 Å². The van der Waals surface area contributed by atoms with Gasteiger partial charge >= 0.3 is 5.97 Å². The van der Waals surface area contributed by atoms with Crippen molar-refractivity contribution >= 4 is 23.5 Å². The van der Waals surface area contributed by atoms with Crippen molar-refractivity contribution in [3.05, 3.63) is 28.8 Å². The molecule has 120 valence electrons. The summed E-state index contributed by atoms with van der Waals surface area (Å²) in [5.41, 5.74) is 0.336. The number of hydrogen-bond acceptors (Lipinski definition) is 5. The Morgan fingerprint density at radius 1 is 1.45 bits per heavy atom. The number of halogens is 1. The highest BCUT2D eigenvalue weighted by molar-refractivity contribution is 6.32. The zero-order valence-corrected chi connectivity index (χ0v) is 12.6. The van der Waals surface area contributed by atoms with Gasteiger partial charge in [-0.25, -0.2) is 4.79 Å². The summed E-state index contributed by atoms with van der Waals surface area (Å²) >= 11 is 5.99. The van der Waals surface area contributed by atoms with Crippen LogP contribution in [0.4, 0.5) is 0 Å². The Morgan fingerprint density at radius 3 is 2.77 bits per heavy atom. The summed E-state index contributed by atoms with van der Waals surface area (Å²) in [4.78, 5) is 23.5. The first-order chi connectivity index (χ1) is 10.5. The Bertz CT molecular complexity index is 558. The van der Waals surface area contributed by atoms with Gasteiger partial charge in [-0.05, 0) is 17.7 Å². The molecule has 1 aromatic rings. The average molecular weight is 330 g/mol. The van der Waals surface area contributed by atoms with Gasteiger partial charge in [0.2, 0.25) is 0 Å². The molecule has 22 heavy (non-hydrogen) atoms. The fraction of sp³-hybridized carbons (Fsp3) is 0.429. The van der Waals surface area contributed by atoms with Gasteiger partial charge in [0.15, 0.2) is 12.1 Å². The molecule has 0 aromatic heterocycles. The molecule has 0 bridgehead atoms. The quantitative estimate of drug-likeness (QED) is 0.837. The SMILES string of the molecule is COc1ccc(C(NC(=O)C2COCCO2)C(=O)O)cc1Cl. The second kappa shape index (κ2) is 7.44. The normalized spacial score (nSPS) is 19.3. The van der Waals surface area contributed by atoms with Crippen molar-refractivity contribution in [2.75, 3.05) is 26.9 Å². The number of aliphatic carboxylic acids is 1. The van der Waals surface area contributed by atoms with Crippen molar-refractivity contribution in [1.82, 2.24) is 5.32 Å². The number of carboxylic acids is 1. The first kappa shape index (κ1) is 16.5. The highest BCUT2D eigenvalue weighted by Gasteiger charge is 2.29. The van der Waals surface area contributed by atoms with Gasteiger partial charge in [0.25, 0.3) is 5.91 Å². The molecular formula is C14H16ClNO6. The van der Waals surface area contributed by atoms with E-state index in [-0.39, 0.29) is 11.6 Å². The standard InChI is InChI=1S/C14H16ClNO6/c1-20-10-3-2-8(6-9(10)15)12(14(18)19)16-13(17)11-7-21-4-5-22-11/h2-3,6,11-12H,4-5,7H2,1H3,(H,16,17)(H,18,19). The molecule has 1 amide bonds. The first-order valence-electron chi connectivity index (χ1n) is 6.59. The number of carbonyl (C=O) groups excluding carboxylic acids is 1. The Morgan fingerprint density at radius 2 is 2.23 bits per heavy atom. The second-order valence-corrected chi connectivity index (χ2v) is 5.02. The fourth-order valence-electron chi connectivity index (χ4n) is 2.02. The minimum Gasteiger partial charge on any atom is -0.495 e. The van der Waals surface area contributed by atoms with E-state index in [0.29, 0.717) is 24.5 Å². The van der Waals surface area contributed by atoms with E-state index in [2.05, 4.69) is 5.32 Å². The molecule has 8 heteroatoms. The maximum atomic E-state index is 12.1. The van der Waals surface area contributed by atoms with E-state index in [0.717, 1.165) is 0 Å². The summed E-state index contributed by atoms with van der Waals surface area (Å²) in [7, 11) is 1.46. The van der Waals surface area contributed by atoms with Crippen LogP contribution in [-0.4, -0.2) is 50.0 Å². The molecular weight excluding hydrogens is 314 g/mol. The third-order valence-corrected chi connectivity index (χ3v) is 3.45. The van der Waals surface area contributed by atoms with Crippen LogP contribution in [-0.2, 0) is 19.1 Å². The van der Waals surface area contributed by atoms with Crippen molar-refractivity contribution < 1.29 is 28.9 Å². The highest BCUT2D eigenvalue weighted by atomic mass is 35.5.